The van der Waals surface area contributed by atoms with E-state index < -0.39 is 0 Å². The molecule has 1 rings (SSSR count). The lowest BCUT2D eigenvalue weighted by molar-refractivity contribution is 0.0625. The summed E-state index contributed by atoms with van der Waals surface area (Å²) in [4.78, 5) is 2.63. The van der Waals surface area contributed by atoms with Gasteiger partial charge in [0.05, 0.1) is 0 Å². The molecule has 15 heavy (non-hydrogen) atoms. The van der Waals surface area contributed by atoms with E-state index in [0.29, 0.717) is 6.04 Å². The van der Waals surface area contributed by atoms with Gasteiger partial charge in [0.1, 0.15) is 0 Å². The number of nitrogens with two attached hydrogens (primary N) is 1. The van der Waals surface area contributed by atoms with E-state index >= 15 is 0 Å². The fraction of sp³-hybridized carbons (Fsp3) is 1.00. The first kappa shape index (κ1) is 13.0. The third-order valence-corrected chi connectivity index (χ3v) is 3.70. The maximum Gasteiger partial charge on any atom is 0.0306 e. The Hall–Kier alpha value is -0.0800. The van der Waals surface area contributed by atoms with Crippen molar-refractivity contribution in [3.8, 4) is 0 Å². The zero-order valence-electron chi connectivity index (χ0n) is 10.9. The molecule has 0 aromatic heterocycles. The molecule has 2 nitrogen and oxygen atoms in total. The summed E-state index contributed by atoms with van der Waals surface area (Å²) in [6.07, 6.45) is 5.29. The van der Waals surface area contributed by atoms with Gasteiger partial charge in [-0.25, -0.2) is 0 Å². The van der Waals surface area contributed by atoms with Crippen LogP contribution >= 0.6 is 0 Å². The van der Waals surface area contributed by atoms with Gasteiger partial charge < -0.3 is 5.73 Å². The molecule has 0 saturated heterocycles. The minimum Gasteiger partial charge on any atom is -0.329 e. The molecule has 0 aliphatic heterocycles. The van der Waals surface area contributed by atoms with E-state index in [0.717, 1.165) is 12.5 Å². The van der Waals surface area contributed by atoms with Crippen LogP contribution in [0.2, 0.25) is 0 Å². The van der Waals surface area contributed by atoms with Gasteiger partial charge in [-0.1, -0.05) is 13.3 Å². The molecule has 0 spiro atoms. The second-order valence-corrected chi connectivity index (χ2v) is 5.64. The van der Waals surface area contributed by atoms with Gasteiger partial charge >= 0.3 is 0 Å². The Bertz CT molecular complexity index is 187. The first-order chi connectivity index (χ1) is 7.03. The fourth-order valence-electron chi connectivity index (χ4n) is 2.53. The quantitative estimate of drug-likeness (QED) is 0.703. The van der Waals surface area contributed by atoms with Crippen LogP contribution in [0.4, 0.5) is 0 Å². The van der Waals surface area contributed by atoms with Gasteiger partial charge in [0.15, 0.2) is 0 Å². The third-order valence-electron chi connectivity index (χ3n) is 3.70. The lowest BCUT2D eigenvalue weighted by atomic mass is 9.92. The molecular formula is C13H28N2. The monoisotopic (exact) mass is 212 g/mol. The first-order valence-electron chi connectivity index (χ1n) is 6.50. The van der Waals surface area contributed by atoms with Crippen molar-refractivity contribution in [2.24, 2.45) is 11.7 Å². The minimum absolute atomic E-state index is 0.214. The molecule has 0 amide bonds. The van der Waals surface area contributed by atoms with Crippen LogP contribution in [0, 0.1) is 5.92 Å². The molecule has 90 valence electrons. The Morgan fingerprint density at radius 3 is 2.33 bits per heavy atom. The van der Waals surface area contributed by atoms with Gasteiger partial charge in [-0.3, -0.25) is 4.90 Å². The number of hydrogen-bond acceptors (Lipinski definition) is 2. The highest BCUT2D eigenvalue weighted by Gasteiger charge is 2.35. The summed E-state index contributed by atoms with van der Waals surface area (Å²) in [7, 11) is 0. The highest BCUT2D eigenvalue weighted by Crippen LogP contribution is 2.34. The molecular weight excluding hydrogens is 184 g/mol. The van der Waals surface area contributed by atoms with E-state index in [1.165, 1.54) is 32.2 Å². The van der Waals surface area contributed by atoms with Crippen molar-refractivity contribution >= 4 is 0 Å². The van der Waals surface area contributed by atoms with E-state index in [2.05, 4.69) is 32.6 Å². The molecule has 0 heterocycles. The molecule has 1 aliphatic carbocycles. The number of hydrogen-bond donors (Lipinski definition) is 1. The highest BCUT2D eigenvalue weighted by atomic mass is 15.2. The van der Waals surface area contributed by atoms with Crippen molar-refractivity contribution < 1.29 is 0 Å². The van der Waals surface area contributed by atoms with Crippen molar-refractivity contribution in [2.75, 3.05) is 13.1 Å². The zero-order valence-corrected chi connectivity index (χ0v) is 10.9. The summed E-state index contributed by atoms with van der Waals surface area (Å²) in [5, 5.41) is 0. The SMILES string of the molecule is CCCC(C)(CN)N(CC1CC1)C(C)C. The maximum absolute atomic E-state index is 5.99. The normalized spacial score (nSPS) is 21.0. The lowest BCUT2D eigenvalue weighted by Crippen LogP contribution is -2.55. The van der Waals surface area contributed by atoms with Crippen LogP contribution in [0.5, 0.6) is 0 Å². The van der Waals surface area contributed by atoms with Crippen LogP contribution in [0.3, 0.4) is 0 Å². The Morgan fingerprint density at radius 1 is 1.40 bits per heavy atom. The van der Waals surface area contributed by atoms with Gasteiger partial charge in [0.25, 0.3) is 0 Å². The molecule has 1 saturated carbocycles. The average molecular weight is 212 g/mol. The van der Waals surface area contributed by atoms with Crippen LogP contribution in [0.25, 0.3) is 0 Å². The molecule has 1 fully saturated rings. The topological polar surface area (TPSA) is 29.3 Å². The van der Waals surface area contributed by atoms with Crippen LogP contribution in [-0.4, -0.2) is 29.6 Å². The number of rotatable bonds is 7. The molecule has 0 bridgehead atoms. The Morgan fingerprint density at radius 2 is 2.00 bits per heavy atom. The van der Waals surface area contributed by atoms with Crippen LogP contribution in [0.15, 0.2) is 0 Å². The van der Waals surface area contributed by atoms with E-state index in [1.807, 2.05) is 0 Å². The molecule has 1 aliphatic rings. The molecule has 1 atom stereocenters. The predicted molar refractivity (Wildman–Crippen MR) is 66.9 cm³/mol. The van der Waals surface area contributed by atoms with E-state index in [4.69, 9.17) is 5.73 Å². The van der Waals surface area contributed by atoms with Crippen LogP contribution < -0.4 is 5.73 Å². The van der Waals surface area contributed by atoms with Gasteiger partial charge in [0.2, 0.25) is 0 Å². The van der Waals surface area contributed by atoms with Crippen molar-refractivity contribution in [3.05, 3.63) is 0 Å². The van der Waals surface area contributed by atoms with E-state index in [-0.39, 0.29) is 5.54 Å². The Labute approximate surface area is 95.2 Å². The summed E-state index contributed by atoms with van der Waals surface area (Å²) in [6, 6.07) is 0.616. The molecule has 0 radical (unpaired) electrons. The predicted octanol–water partition coefficient (Wildman–Crippen LogP) is 2.62. The second-order valence-electron chi connectivity index (χ2n) is 5.64. The van der Waals surface area contributed by atoms with Crippen molar-refractivity contribution in [2.45, 2.75) is 65.0 Å². The molecule has 2 heteroatoms. The van der Waals surface area contributed by atoms with E-state index in [1.54, 1.807) is 0 Å². The Kier molecular flexibility index (Phi) is 4.60. The van der Waals surface area contributed by atoms with Crippen molar-refractivity contribution in [1.29, 1.82) is 0 Å². The van der Waals surface area contributed by atoms with Gasteiger partial charge in [-0.2, -0.15) is 0 Å². The molecule has 0 aromatic rings. The fourth-order valence-corrected chi connectivity index (χ4v) is 2.53. The van der Waals surface area contributed by atoms with Crippen LogP contribution in [-0.2, 0) is 0 Å². The first-order valence-corrected chi connectivity index (χ1v) is 6.50. The summed E-state index contributed by atoms with van der Waals surface area (Å²) < 4.78 is 0. The molecule has 1 unspecified atom stereocenters. The number of nitrogens with zero attached hydrogens (tertiary/aromatic N) is 1. The second kappa shape index (κ2) is 5.31. The van der Waals surface area contributed by atoms with E-state index in [9.17, 15) is 0 Å². The van der Waals surface area contributed by atoms with Gasteiger partial charge in [-0.15, -0.1) is 0 Å². The smallest absolute Gasteiger partial charge is 0.0306 e. The van der Waals surface area contributed by atoms with Crippen molar-refractivity contribution in [3.63, 3.8) is 0 Å². The van der Waals surface area contributed by atoms with Crippen molar-refractivity contribution in [1.82, 2.24) is 4.90 Å². The standard InChI is InChI=1S/C13H28N2/c1-5-8-13(4,10-14)15(11(2)3)9-12-6-7-12/h11-12H,5-10,14H2,1-4H3. The maximum atomic E-state index is 5.99. The average Bonchev–Trinajstić information content (AvgIpc) is 2.97. The summed E-state index contributed by atoms with van der Waals surface area (Å²) in [6.45, 7) is 11.2. The summed E-state index contributed by atoms with van der Waals surface area (Å²) in [5.74, 6) is 0.954. The largest absolute Gasteiger partial charge is 0.329 e. The molecule has 2 N–H and O–H groups in total. The minimum atomic E-state index is 0.214. The lowest BCUT2D eigenvalue weighted by Gasteiger charge is -2.43. The highest BCUT2D eigenvalue weighted by molar-refractivity contribution is 4.92. The molecule has 0 aromatic carbocycles. The zero-order chi connectivity index (χ0) is 11.5. The third kappa shape index (κ3) is 3.46. The summed E-state index contributed by atoms with van der Waals surface area (Å²) >= 11 is 0. The summed E-state index contributed by atoms with van der Waals surface area (Å²) in [5.41, 5.74) is 6.20. The van der Waals surface area contributed by atoms with Gasteiger partial charge in [-0.05, 0) is 46.0 Å². The Balaban J connectivity index is 2.64. The van der Waals surface area contributed by atoms with Crippen LogP contribution in [0.1, 0.15) is 53.4 Å². The van der Waals surface area contributed by atoms with Gasteiger partial charge in [0, 0.05) is 24.7 Å².